The van der Waals surface area contributed by atoms with Gasteiger partial charge in [0.15, 0.2) is 0 Å². The van der Waals surface area contributed by atoms with Gasteiger partial charge in [0.05, 0.1) is 0 Å². The number of benzene rings is 1. The Kier molecular flexibility index (Phi) is 10.5. The van der Waals surface area contributed by atoms with Gasteiger partial charge < -0.3 is 0 Å². The fourth-order valence-corrected chi connectivity index (χ4v) is 0.385. The van der Waals surface area contributed by atoms with E-state index in [1.54, 1.807) is 0 Å². The van der Waals surface area contributed by atoms with Gasteiger partial charge in [0.25, 0.3) is 0 Å². The highest BCUT2D eigenvalue weighted by Gasteiger charge is 1.58. The van der Waals surface area contributed by atoms with E-state index in [-0.39, 0.29) is 0 Å². The summed E-state index contributed by atoms with van der Waals surface area (Å²) in [5.74, 6) is 0. The number of hydrogen-bond donors (Lipinski definition) is 0. The van der Waals surface area contributed by atoms with Gasteiger partial charge in [-0.3, -0.25) is 0 Å². The van der Waals surface area contributed by atoms with Gasteiger partial charge in [-0.1, -0.05) is 36.4 Å². The molecule has 0 aliphatic carbocycles. The third kappa shape index (κ3) is 9.21. The minimum absolute atomic E-state index is 0.357. The fraction of sp³-hybridized carbons (Fsp3) is 0. The second kappa shape index (κ2) is 9.21. The lowest BCUT2D eigenvalue weighted by Gasteiger charge is -1.69. The molecule has 0 radical (unpaired) electrons. The maximum Gasteiger partial charge on any atom is 0.425 e. The predicted molar refractivity (Wildman–Crippen MR) is 61.6 cm³/mol. The van der Waals surface area contributed by atoms with Gasteiger partial charge in [0, 0.05) is 0 Å². The van der Waals surface area contributed by atoms with Crippen LogP contribution >= 0.6 is 40.5 Å². The van der Waals surface area contributed by atoms with E-state index in [1.807, 2.05) is 36.4 Å². The van der Waals surface area contributed by atoms with Gasteiger partial charge in [0.2, 0.25) is 0 Å². The molecule has 48 valence electrons. The molecule has 0 aromatic heterocycles. The molecule has 0 saturated heterocycles. The summed E-state index contributed by atoms with van der Waals surface area (Å²) in [6.07, 6.45) is 0. The van der Waals surface area contributed by atoms with E-state index >= 15 is 0 Å². The Morgan fingerprint density at radius 1 is 0.667 bits per heavy atom. The largest absolute Gasteiger partial charge is 0.425 e. The highest BCUT2D eigenvalue weighted by molar-refractivity contribution is 14.3. The average molecular weight is 360 g/mol. The molecule has 9 heavy (non-hydrogen) atoms. The normalized spacial score (nSPS) is 6.89. The van der Waals surface area contributed by atoms with Crippen molar-refractivity contribution in [3.05, 3.63) is 36.4 Å². The molecule has 0 fully saturated rings. The first-order valence-corrected chi connectivity index (χ1v) is 12.8. The maximum absolute atomic E-state index is 2.41. The molecular formula is C6H7AlI2. The number of hydrogen-bond acceptors (Lipinski definition) is 0. The molecule has 0 unspecified atom stereocenters. The summed E-state index contributed by atoms with van der Waals surface area (Å²) in [4.78, 5) is 0. The molecule has 1 aromatic carbocycles. The van der Waals surface area contributed by atoms with Crippen molar-refractivity contribution in [2.75, 3.05) is 0 Å². The lowest BCUT2D eigenvalue weighted by atomic mass is 10.4. The summed E-state index contributed by atoms with van der Waals surface area (Å²) in [7, 11) is 0.357. The van der Waals surface area contributed by atoms with Gasteiger partial charge in [-0.2, -0.15) is 40.5 Å². The summed E-state index contributed by atoms with van der Waals surface area (Å²) >= 11 is 4.83. The summed E-state index contributed by atoms with van der Waals surface area (Å²) in [6, 6.07) is 12.0. The van der Waals surface area contributed by atoms with E-state index in [2.05, 4.69) is 40.5 Å². The highest BCUT2D eigenvalue weighted by atomic mass is 127. The Morgan fingerprint density at radius 2 is 0.778 bits per heavy atom. The monoisotopic (exact) mass is 360 g/mol. The van der Waals surface area contributed by atoms with Crippen molar-refractivity contribution in [3.8, 4) is 0 Å². The first-order valence-electron chi connectivity index (χ1n) is 2.53. The van der Waals surface area contributed by atoms with Crippen molar-refractivity contribution in [1.29, 1.82) is 0 Å². The minimum Gasteiger partial charge on any atom is -0.197 e. The zero-order chi connectivity index (χ0) is 6.95. The molecule has 0 aliphatic rings. The van der Waals surface area contributed by atoms with Crippen LogP contribution in [0, 0.1) is 0 Å². The Bertz CT molecular complexity index is 93.9. The van der Waals surface area contributed by atoms with Gasteiger partial charge in [-0.25, -0.2) is 0 Å². The predicted octanol–water partition coefficient (Wildman–Crippen LogP) is 2.81. The minimum atomic E-state index is 0.357. The van der Waals surface area contributed by atoms with E-state index in [0.717, 1.165) is 0 Å². The van der Waals surface area contributed by atoms with Crippen molar-refractivity contribution >= 4 is 49.2 Å². The van der Waals surface area contributed by atoms with Crippen LogP contribution in [0.1, 0.15) is 0 Å². The molecule has 3 heteroatoms. The molecule has 0 N–H and O–H groups in total. The van der Waals surface area contributed by atoms with Crippen molar-refractivity contribution in [2.45, 2.75) is 0 Å². The van der Waals surface area contributed by atoms with Gasteiger partial charge in [0.1, 0.15) is 0 Å². The average Bonchev–Trinajstić information content (AvgIpc) is 1.93. The lowest BCUT2D eigenvalue weighted by molar-refractivity contribution is 1.72. The number of rotatable bonds is 0. The van der Waals surface area contributed by atoms with Gasteiger partial charge in [-0.15, -0.1) is 0 Å². The van der Waals surface area contributed by atoms with Gasteiger partial charge >= 0.3 is 8.65 Å². The molecule has 0 amide bonds. The third-order valence-electron chi connectivity index (χ3n) is 0.667. The molecule has 1 rings (SSSR count). The van der Waals surface area contributed by atoms with Crippen molar-refractivity contribution in [2.24, 2.45) is 0 Å². The second-order valence-corrected chi connectivity index (χ2v) is 14.8. The molecule has 0 spiro atoms. The SMILES string of the molecule is [I][AlH][I].c1ccccc1. The van der Waals surface area contributed by atoms with E-state index in [9.17, 15) is 0 Å². The van der Waals surface area contributed by atoms with Crippen molar-refractivity contribution in [1.82, 2.24) is 0 Å². The Hall–Kier alpha value is 1.21. The van der Waals surface area contributed by atoms with Crippen LogP contribution in [0.4, 0.5) is 0 Å². The number of halogens is 2. The summed E-state index contributed by atoms with van der Waals surface area (Å²) in [5.41, 5.74) is 0. The van der Waals surface area contributed by atoms with Crippen LogP contribution in [0.3, 0.4) is 0 Å². The summed E-state index contributed by atoms with van der Waals surface area (Å²) < 4.78 is 0. The van der Waals surface area contributed by atoms with E-state index in [4.69, 9.17) is 0 Å². The second-order valence-electron chi connectivity index (χ2n) is 1.26. The molecular weight excluding hydrogens is 353 g/mol. The van der Waals surface area contributed by atoms with E-state index in [0.29, 0.717) is 8.65 Å². The standard InChI is InChI=1S/C6H6.Al.2HI.H/c1-2-4-6-5-3-1;;;;/h1-6H;;2*1H;/q;+2;;;/p-2. The van der Waals surface area contributed by atoms with Crippen molar-refractivity contribution in [3.63, 3.8) is 0 Å². The first-order chi connectivity index (χ1) is 4.41. The highest BCUT2D eigenvalue weighted by Crippen LogP contribution is 1.80. The van der Waals surface area contributed by atoms with Crippen LogP contribution in [0.2, 0.25) is 0 Å². The van der Waals surface area contributed by atoms with Gasteiger partial charge in [-0.05, 0) is 0 Å². The Labute approximate surface area is 84.5 Å². The smallest absolute Gasteiger partial charge is 0.197 e. The zero-order valence-electron chi connectivity index (χ0n) is 4.93. The molecule has 0 aliphatic heterocycles. The van der Waals surface area contributed by atoms with Crippen LogP contribution < -0.4 is 0 Å². The first kappa shape index (κ1) is 10.2. The lowest BCUT2D eigenvalue weighted by Crippen LogP contribution is -1.47. The van der Waals surface area contributed by atoms with E-state index < -0.39 is 0 Å². The Balaban J connectivity index is 0.000000187. The third-order valence-corrected chi connectivity index (χ3v) is 0.667. The molecule has 1 aromatic rings. The van der Waals surface area contributed by atoms with Crippen LogP contribution in [0.25, 0.3) is 0 Å². The van der Waals surface area contributed by atoms with Crippen molar-refractivity contribution < 1.29 is 0 Å². The molecule has 0 nitrogen and oxygen atoms in total. The van der Waals surface area contributed by atoms with Crippen LogP contribution in [-0.2, 0) is 0 Å². The Morgan fingerprint density at radius 3 is 0.889 bits per heavy atom. The molecule has 0 bridgehead atoms. The quantitative estimate of drug-likeness (QED) is 0.493. The topological polar surface area (TPSA) is 0 Å². The van der Waals surface area contributed by atoms with Crippen LogP contribution in [0.5, 0.6) is 0 Å². The van der Waals surface area contributed by atoms with E-state index in [1.165, 1.54) is 0 Å². The summed E-state index contributed by atoms with van der Waals surface area (Å²) in [6.45, 7) is 0. The fourth-order valence-electron chi connectivity index (χ4n) is 0.385. The zero-order valence-corrected chi connectivity index (χ0v) is 10.7. The maximum atomic E-state index is 2.41. The molecule has 0 saturated carbocycles. The van der Waals surface area contributed by atoms with Crippen LogP contribution in [-0.4, -0.2) is 8.65 Å². The van der Waals surface area contributed by atoms with Crippen LogP contribution in [0.15, 0.2) is 36.4 Å². The summed E-state index contributed by atoms with van der Waals surface area (Å²) in [5, 5.41) is 0. The molecule has 0 heterocycles. The molecule has 0 atom stereocenters.